The van der Waals surface area contributed by atoms with Crippen LogP contribution in [0.5, 0.6) is 0 Å². The lowest BCUT2D eigenvalue weighted by molar-refractivity contribution is 0.620. The number of unbranched alkanes of at least 4 members (excludes halogenated alkanes) is 2. The van der Waals surface area contributed by atoms with Gasteiger partial charge in [0.15, 0.2) is 0 Å². The molecule has 0 spiro atoms. The normalized spacial score (nSPS) is 11.0. The Labute approximate surface area is 202 Å². The van der Waals surface area contributed by atoms with E-state index in [0.717, 1.165) is 35.8 Å². The zero-order valence-corrected chi connectivity index (χ0v) is 20.0. The van der Waals surface area contributed by atoms with E-state index in [0.29, 0.717) is 17.4 Å². The quantitative estimate of drug-likeness (QED) is 0.224. The maximum atomic E-state index is 15.2. The number of hydrogen-bond donors (Lipinski definition) is 0. The Morgan fingerprint density at radius 1 is 0.647 bits per heavy atom. The predicted octanol–water partition coefficient (Wildman–Crippen LogP) is 8.15. The minimum absolute atomic E-state index is 0.114. The Hall–Kier alpha value is -3.44. The van der Waals surface area contributed by atoms with Crippen molar-refractivity contribution in [2.24, 2.45) is 0 Å². The third-order valence-corrected chi connectivity index (χ3v) is 6.66. The van der Waals surface area contributed by atoms with Gasteiger partial charge in [-0.1, -0.05) is 86.5 Å². The minimum Gasteiger partial charge on any atom is -0.206 e. The predicted molar refractivity (Wildman–Crippen MR) is 140 cm³/mol. The topological polar surface area (TPSA) is 23.8 Å². The summed E-state index contributed by atoms with van der Waals surface area (Å²) in [5.74, 6) is -0.114. The first-order valence-corrected chi connectivity index (χ1v) is 12.4. The average Bonchev–Trinajstić information content (AvgIpc) is 2.88. The standard InChI is InChI=1S/C32H32FN/c1-2-3-4-5-24-6-8-25(9-7-24)10-13-27-17-21-31-30(22-27)20-19-29(32(31)33)18-16-26-11-14-28(23-34)15-12-26/h6-9,11-12,14-15,17,19-22H,2-5,10,13,16,18H2,1H3. The smallest absolute Gasteiger partial charge is 0.134 e. The SMILES string of the molecule is CCCCCc1ccc(CCc2ccc3c(F)c(CCc4ccc(C#N)cc4)ccc3c2)cc1. The number of rotatable bonds is 10. The second-order valence-corrected chi connectivity index (χ2v) is 9.18. The number of aryl methyl sites for hydroxylation is 5. The zero-order chi connectivity index (χ0) is 23.8. The van der Waals surface area contributed by atoms with Crippen LogP contribution in [-0.2, 0) is 32.1 Å². The largest absolute Gasteiger partial charge is 0.206 e. The Balaban J connectivity index is 1.37. The Bertz CT molecular complexity index is 1260. The van der Waals surface area contributed by atoms with Crippen LogP contribution in [0.15, 0.2) is 78.9 Å². The fourth-order valence-corrected chi connectivity index (χ4v) is 4.50. The van der Waals surface area contributed by atoms with Crippen LogP contribution in [0.1, 0.15) is 59.6 Å². The van der Waals surface area contributed by atoms with E-state index in [1.54, 1.807) is 0 Å². The fraction of sp³-hybridized carbons (Fsp3) is 0.281. The molecule has 4 rings (SSSR count). The second-order valence-electron chi connectivity index (χ2n) is 9.18. The number of hydrogen-bond acceptors (Lipinski definition) is 1. The van der Waals surface area contributed by atoms with E-state index in [4.69, 9.17) is 5.26 Å². The lowest BCUT2D eigenvalue weighted by Gasteiger charge is -2.09. The first-order valence-electron chi connectivity index (χ1n) is 12.4. The zero-order valence-electron chi connectivity index (χ0n) is 20.0. The van der Waals surface area contributed by atoms with E-state index in [2.05, 4.69) is 49.4 Å². The van der Waals surface area contributed by atoms with Crippen molar-refractivity contribution in [3.8, 4) is 6.07 Å². The Morgan fingerprint density at radius 2 is 1.24 bits per heavy atom. The van der Waals surface area contributed by atoms with Gasteiger partial charge < -0.3 is 0 Å². The average molecular weight is 450 g/mol. The van der Waals surface area contributed by atoms with E-state index in [1.165, 1.54) is 42.4 Å². The molecule has 2 heteroatoms. The Kier molecular flexibility index (Phi) is 8.10. The molecule has 0 heterocycles. The van der Waals surface area contributed by atoms with Crippen molar-refractivity contribution in [3.63, 3.8) is 0 Å². The van der Waals surface area contributed by atoms with Gasteiger partial charge in [0.1, 0.15) is 5.82 Å². The van der Waals surface area contributed by atoms with Crippen molar-refractivity contribution in [3.05, 3.63) is 118 Å². The van der Waals surface area contributed by atoms with Gasteiger partial charge in [-0.05, 0) is 83.9 Å². The van der Waals surface area contributed by atoms with Gasteiger partial charge in [0.25, 0.3) is 0 Å². The third kappa shape index (κ3) is 6.12. The summed E-state index contributed by atoms with van der Waals surface area (Å²) in [6.45, 7) is 2.24. The van der Waals surface area contributed by atoms with Crippen molar-refractivity contribution in [1.82, 2.24) is 0 Å². The van der Waals surface area contributed by atoms with Crippen molar-refractivity contribution in [1.29, 1.82) is 5.26 Å². The van der Waals surface area contributed by atoms with Crippen LogP contribution in [-0.4, -0.2) is 0 Å². The summed E-state index contributed by atoms with van der Waals surface area (Å²) in [5.41, 5.74) is 6.52. The number of nitrogens with zero attached hydrogens (tertiary/aromatic N) is 1. The molecule has 0 saturated carbocycles. The van der Waals surface area contributed by atoms with E-state index in [9.17, 15) is 0 Å². The molecule has 0 aliphatic carbocycles. The van der Waals surface area contributed by atoms with Gasteiger partial charge in [-0.2, -0.15) is 5.26 Å². The molecule has 0 aliphatic rings. The van der Waals surface area contributed by atoms with Gasteiger partial charge in [0, 0.05) is 5.39 Å². The van der Waals surface area contributed by atoms with Crippen LogP contribution < -0.4 is 0 Å². The van der Waals surface area contributed by atoms with E-state index >= 15 is 4.39 Å². The van der Waals surface area contributed by atoms with Gasteiger partial charge in [0.05, 0.1) is 11.6 Å². The van der Waals surface area contributed by atoms with Crippen molar-refractivity contribution in [2.45, 2.75) is 58.3 Å². The summed E-state index contributed by atoms with van der Waals surface area (Å²) >= 11 is 0. The molecule has 0 fully saturated rings. The van der Waals surface area contributed by atoms with Gasteiger partial charge in [0.2, 0.25) is 0 Å². The van der Waals surface area contributed by atoms with Crippen molar-refractivity contribution in [2.75, 3.05) is 0 Å². The van der Waals surface area contributed by atoms with Crippen LogP contribution in [0, 0.1) is 17.1 Å². The van der Waals surface area contributed by atoms with Gasteiger partial charge in [-0.25, -0.2) is 4.39 Å². The highest BCUT2D eigenvalue weighted by Crippen LogP contribution is 2.24. The number of benzene rings is 4. The summed E-state index contributed by atoms with van der Waals surface area (Å²) < 4.78 is 15.2. The van der Waals surface area contributed by atoms with Crippen LogP contribution >= 0.6 is 0 Å². The van der Waals surface area contributed by atoms with E-state index < -0.39 is 0 Å². The molecule has 0 bridgehead atoms. The molecule has 1 nitrogen and oxygen atoms in total. The maximum Gasteiger partial charge on any atom is 0.134 e. The van der Waals surface area contributed by atoms with Crippen LogP contribution in [0.4, 0.5) is 4.39 Å². The molecule has 0 unspecified atom stereocenters. The number of fused-ring (bicyclic) bond motifs is 1. The van der Waals surface area contributed by atoms with Gasteiger partial charge in [-0.3, -0.25) is 0 Å². The molecule has 4 aromatic carbocycles. The summed E-state index contributed by atoms with van der Waals surface area (Å²) in [6.07, 6.45) is 8.32. The minimum atomic E-state index is -0.114. The fourth-order valence-electron chi connectivity index (χ4n) is 4.50. The monoisotopic (exact) mass is 449 g/mol. The summed E-state index contributed by atoms with van der Waals surface area (Å²) in [4.78, 5) is 0. The highest BCUT2D eigenvalue weighted by molar-refractivity contribution is 5.84. The molecule has 0 aliphatic heterocycles. The molecule has 0 saturated heterocycles. The molecular formula is C32H32FN. The van der Waals surface area contributed by atoms with Crippen LogP contribution in [0.25, 0.3) is 10.8 Å². The van der Waals surface area contributed by atoms with Crippen molar-refractivity contribution >= 4 is 10.8 Å². The molecule has 0 radical (unpaired) electrons. The molecule has 4 aromatic rings. The first kappa shape index (κ1) is 23.7. The first-order chi connectivity index (χ1) is 16.7. The van der Waals surface area contributed by atoms with Crippen LogP contribution in [0.3, 0.4) is 0 Å². The van der Waals surface area contributed by atoms with E-state index in [1.807, 2.05) is 42.5 Å². The van der Waals surface area contributed by atoms with Crippen molar-refractivity contribution < 1.29 is 4.39 Å². The van der Waals surface area contributed by atoms with Gasteiger partial charge >= 0.3 is 0 Å². The summed E-state index contributed by atoms with van der Waals surface area (Å²) in [5, 5.41) is 10.6. The third-order valence-electron chi connectivity index (χ3n) is 6.66. The molecule has 0 amide bonds. The molecular weight excluding hydrogens is 417 g/mol. The highest BCUT2D eigenvalue weighted by atomic mass is 19.1. The molecule has 34 heavy (non-hydrogen) atoms. The molecule has 0 aromatic heterocycles. The summed E-state index contributed by atoms with van der Waals surface area (Å²) in [7, 11) is 0. The molecule has 0 N–H and O–H groups in total. The molecule has 0 atom stereocenters. The lowest BCUT2D eigenvalue weighted by Crippen LogP contribution is -1.97. The maximum absolute atomic E-state index is 15.2. The van der Waals surface area contributed by atoms with E-state index in [-0.39, 0.29) is 5.82 Å². The number of halogens is 1. The Morgan fingerprint density at radius 3 is 1.91 bits per heavy atom. The van der Waals surface area contributed by atoms with Crippen LogP contribution in [0.2, 0.25) is 0 Å². The molecule has 172 valence electrons. The van der Waals surface area contributed by atoms with Gasteiger partial charge in [-0.15, -0.1) is 0 Å². The summed E-state index contributed by atoms with van der Waals surface area (Å²) in [6, 6.07) is 28.8. The number of nitriles is 1. The lowest BCUT2D eigenvalue weighted by atomic mass is 9.97. The second kappa shape index (κ2) is 11.6. The highest BCUT2D eigenvalue weighted by Gasteiger charge is 2.09.